The third-order valence-corrected chi connectivity index (χ3v) is 1.69. The average Bonchev–Trinajstić information content (AvgIpc) is 2.83. The van der Waals surface area contributed by atoms with Crippen molar-refractivity contribution in [3.63, 3.8) is 0 Å². The van der Waals surface area contributed by atoms with Crippen LogP contribution >= 0.6 is 7.82 Å². The van der Waals surface area contributed by atoms with Crippen LogP contribution in [0.2, 0.25) is 0 Å². The fourth-order valence-electron chi connectivity index (χ4n) is 0.243. The molecule has 0 unspecified atom stereocenters. The minimum absolute atomic E-state index is 0.526. The number of phosphoric acid groups is 1. The predicted molar refractivity (Wildman–Crippen MR) is 130 cm³/mol. The zero-order valence-electron chi connectivity index (χ0n) is 19.8. The highest BCUT2D eigenvalue weighted by atomic mass is 31.2. The Morgan fingerprint density at radius 3 is 0.632 bits per heavy atom. The van der Waals surface area contributed by atoms with Gasteiger partial charge in [-0.15, -0.1) is 0 Å². The number of rotatable bonds is 8. The summed E-state index contributed by atoms with van der Waals surface area (Å²) >= 11 is 0. The van der Waals surface area contributed by atoms with Crippen LogP contribution < -0.4 is 0 Å². The summed E-state index contributed by atoms with van der Waals surface area (Å²) in [6.45, 7) is 13.8. The van der Waals surface area contributed by atoms with Crippen LogP contribution in [0, 0.1) is 0 Å². The van der Waals surface area contributed by atoms with Crippen LogP contribution in [-0.2, 0) is 28.5 Å². The van der Waals surface area contributed by atoms with Crippen LogP contribution in [0.25, 0.3) is 0 Å². The summed E-state index contributed by atoms with van der Waals surface area (Å²) in [5.74, 6) is -4.91. The normalized spacial score (nSPS) is 9.55. The highest BCUT2D eigenvalue weighted by Gasteiger charge is 2.12. The molecule has 0 amide bonds. The van der Waals surface area contributed by atoms with E-state index in [9.17, 15) is 24.0 Å². The van der Waals surface area contributed by atoms with Gasteiger partial charge in [0.15, 0.2) is 0 Å². The largest absolute Gasteiger partial charge is 0.478 e. The standard InChI is InChI=1S/C4H10O4.5C3H4O2.H3O4P/c5-1-3(7)4(8)2-6;5*1-2-3(4)5;1-5(2,3)4/h3-8H,1-2H2;5*2H,1H2,(H,4,5);(H3,1,2,3,4)/t3-,4+;;;;;;. The first-order valence-corrected chi connectivity index (χ1v) is 10.3. The van der Waals surface area contributed by atoms with Gasteiger partial charge in [-0.05, 0) is 0 Å². The second kappa shape index (κ2) is 37.5. The van der Waals surface area contributed by atoms with E-state index in [1.54, 1.807) is 0 Å². The van der Waals surface area contributed by atoms with Crippen molar-refractivity contribution in [2.24, 2.45) is 0 Å². The lowest BCUT2D eigenvalue weighted by molar-refractivity contribution is -0.132. The molecule has 0 radical (unpaired) electrons. The van der Waals surface area contributed by atoms with E-state index in [0.717, 1.165) is 30.4 Å². The van der Waals surface area contributed by atoms with Gasteiger partial charge in [0, 0.05) is 30.4 Å². The van der Waals surface area contributed by atoms with Crippen molar-refractivity contribution in [1.29, 1.82) is 0 Å². The Morgan fingerprint density at radius 1 is 0.526 bits per heavy atom. The SMILES string of the molecule is C=CC(=O)O.C=CC(=O)O.C=CC(=O)O.C=CC(=O)O.C=CC(=O)O.O=P(O)(O)O.OC[C@@H](O)[C@@H](O)CO. The second-order valence-electron chi connectivity index (χ2n) is 4.72. The maximum atomic E-state index is 9.25. The molecule has 0 rings (SSSR count). The summed E-state index contributed by atoms with van der Waals surface area (Å²) in [5, 5.41) is 71.2. The Hall–Kier alpha value is -4.00. The summed E-state index contributed by atoms with van der Waals surface area (Å²) in [4.78, 5) is 67.8. The zero-order chi connectivity index (χ0) is 32.5. The van der Waals surface area contributed by atoms with Crippen LogP contribution in [0.3, 0.4) is 0 Å². The maximum Gasteiger partial charge on any atom is 0.466 e. The van der Waals surface area contributed by atoms with E-state index in [-0.39, 0.29) is 0 Å². The molecular formula is C19H33O18P. The van der Waals surface area contributed by atoms with E-state index < -0.39 is 63.1 Å². The molecule has 0 aromatic rings. The fraction of sp³-hybridized carbons (Fsp3) is 0.211. The molecular weight excluding hydrogens is 547 g/mol. The van der Waals surface area contributed by atoms with Crippen LogP contribution in [0.4, 0.5) is 0 Å². The molecule has 0 heterocycles. The molecule has 19 heteroatoms. The molecule has 0 aromatic heterocycles. The molecule has 18 nitrogen and oxygen atoms in total. The van der Waals surface area contributed by atoms with Crippen molar-refractivity contribution < 1.29 is 89.2 Å². The first kappa shape index (κ1) is 50.8. The molecule has 38 heavy (non-hydrogen) atoms. The highest BCUT2D eigenvalue weighted by Crippen LogP contribution is 2.25. The van der Waals surface area contributed by atoms with Gasteiger partial charge in [0.25, 0.3) is 0 Å². The number of hydrogen-bond acceptors (Lipinski definition) is 10. The number of carboxylic acids is 5. The minimum Gasteiger partial charge on any atom is -0.478 e. The van der Waals surface area contributed by atoms with Crippen LogP contribution in [0.15, 0.2) is 63.3 Å². The number of carboxylic acid groups (broad SMARTS) is 5. The summed E-state index contributed by atoms with van der Waals surface area (Å²) in [7, 11) is -4.64. The van der Waals surface area contributed by atoms with Gasteiger partial charge in [-0.1, -0.05) is 32.9 Å². The molecule has 0 spiro atoms. The first-order chi connectivity index (χ1) is 17.1. The topological polar surface area (TPSA) is 345 Å². The van der Waals surface area contributed by atoms with Gasteiger partial charge in [0.2, 0.25) is 0 Å². The summed E-state index contributed by atoms with van der Waals surface area (Å²) < 4.78 is 8.88. The predicted octanol–water partition coefficient (Wildman–Crippen LogP) is -1.95. The van der Waals surface area contributed by atoms with Crippen molar-refractivity contribution in [2.45, 2.75) is 12.2 Å². The van der Waals surface area contributed by atoms with Gasteiger partial charge in [-0.25, -0.2) is 28.5 Å². The zero-order valence-corrected chi connectivity index (χ0v) is 20.6. The molecule has 0 aliphatic rings. The Bertz CT molecular complexity index is 634. The first-order valence-electron chi connectivity index (χ1n) is 8.70. The summed E-state index contributed by atoms with van der Waals surface area (Å²) in [6, 6.07) is 0. The lowest BCUT2D eigenvalue weighted by Crippen LogP contribution is -2.31. The Balaban J connectivity index is -0.0000000596. The lowest BCUT2D eigenvalue weighted by atomic mass is 10.2. The number of carbonyl (C=O) groups is 5. The van der Waals surface area contributed by atoms with Crippen LogP contribution in [0.5, 0.6) is 0 Å². The fourth-order valence-corrected chi connectivity index (χ4v) is 0.243. The van der Waals surface area contributed by atoms with E-state index >= 15 is 0 Å². The Kier molecular flexibility index (Phi) is 50.2. The van der Waals surface area contributed by atoms with Crippen molar-refractivity contribution in [3.05, 3.63) is 63.3 Å². The van der Waals surface area contributed by atoms with Gasteiger partial charge in [-0.2, -0.15) is 0 Å². The van der Waals surface area contributed by atoms with Crippen LogP contribution in [-0.4, -0.2) is 116 Å². The average molecular weight is 580 g/mol. The molecule has 2 atom stereocenters. The van der Waals surface area contributed by atoms with Gasteiger partial charge in [0.1, 0.15) is 12.2 Å². The molecule has 0 saturated heterocycles. The molecule has 12 N–H and O–H groups in total. The molecule has 0 aromatic carbocycles. The van der Waals surface area contributed by atoms with Gasteiger partial charge in [0.05, 0.1) is 13.2 Å². The summed E-state index contributed by atoms with van der Waals surface area (Å²) in [5.41, 5.74) is 0. The number of hydrogen-bond donors (Lipinski definition) is 12. The molecule has 222 valence electrons. The van der Waals surface area contributed by atoms with Crippen molar-refractivity contribution in [3.8, 4) is 0 Å². The molecule has 0 saturated carbocycles. The van der Waals surface area contributed by atoms with Crippen molar-refractivity contribution in [1.82, 2.24) is 0 Å². The van der Waals surface area contributed by atoms with Crippen LogP contribution in [0.1, 0.15) is 0 Å². The van der Waals surface area contributed by atoms with Crippen molar-refractivity contribution in [2.75, 3.05) is 13.2 Å². The van der Waals surface area contributed by atoms with Gasteiger partial charge < -0.3 is 60.6 Å². The maximum absolute atomic E-state index is 9.25. The van der Waals surface area contributed by atoms with Crippen molar-refractivity contribution >= 4 is 37.7 Å². The minimum atomic E-state index is -4.64. The lowest BCUT2D eigenvalue weighted by Gasteiger charge is -2.10. The summed E-state index contributed by atoms with van der Waals surface area (Å²) in [6.07, 6.45) is 1.72. The van der Waals surface area contributed by atoms with Gasteiger partial charge >= 0.3 is 37.7 Å². The Labute approximate surface area is 216 Å². The Morgan fingerprint density at radius 2 is 0.605 bits per heavy atom. The third kappa shape index (κ3) is 157. The highest BCUT2D eigenvalue weighted by molar-refractivity contribution is 7.45. The molecule has 0 aliphatic heterocycles. The van der Waals surface area contributed by atoms with E-state index in [1.165, 1.54) is 0 Å². The molecule has 0 aliphatic carbocycles. The third-order valence-electron chi connectivity index (χ3n) is 1.69. The number of aliphatic carboxylic acids is 5. The van der Waals surface area contributed by atoms with Gasteiger partial charge in [-0.3, -0.25) is 0 Å². The van der Waals surface area contributed by atoms with E-state index in [4.69, 9.17) is 65.2 Å². The second-order valence-corrected chi connectivity index (χ2v) is 5.75. The number of aliphatic hydroxyl groups is 4. The molecule has 0 bridgehead atoms. The van der Waals surface area contributed by atoms with E-state index in [0.29, 0.717) is 0 Å². The monoisotopic (exact) mass is 580 g/mol. The quantitative estimate of drug-likeness (QED) is 0.109. The number of aliphatic hydroxyl groups excluding tert-OH is 4. The van der Waals surface area contributed by atoms with E-state index in [1.807, 2.05) is 0 Å². The molecule has 0 fully saturated rings. The van der Waals surface area contributed by atoms with E-state index in [2.05, 4.69) is 32.9 Å². The smallest absolute Gasteiger partial charge is 0.466 e.